The number of nitrogens with one attached hydrogen (secondary N) is 2. The van der Waals surface area contributed by atoms with Gasteiger partial charge in [0.25, 0.3) is 5.91 Å². The molecule has 0 bridgehead atoms. The Bertz CT molecular complexity index is 479. The molecular formula is C16H24BrN2O+. The van der Waals surface area contributed by atoms with Crippen molar-refractivity contribution in [1.82, 2.24) is 0 Å². The van der Waals surface area contributed by atoms with Gasteiger partial charge in [-0.1, -0.05) is 29.8 Å². The van der Waals surface area contributed by atoms with Crippen LogP contribution < -0.4 is 10.2 Å². The average molecular weight is 340 g/mol. The highest BCUT2D eigenvalue weighted by atomic mass is 79.9. The average Bonchev–Trinajstić information content (AvgIpc) is 2.31. The van der Waals surface area contributed by atoms with Gasteiger partial charge in [-0.3, -0.25) is 4.79 Å². The molecule has 0 aromatic heterocycles. The predicted octanol–water partition coefficient (Wildman–Crippen LogP) is 2.26. The van der Waals surface area contributed by atoms with E-state index in [0.29, 0.717) is 6.54 Å². The van der Waals surface area contributed by atoms with Crippen molar-refractivity contribution in [2.24, 2.45) is 11.8 Å². The number of amides is 1. The van der Waals surface area contributed by atoms with E-state index in [1.807, 2.05) is 25.1 Å². The van der Waals surface area contributed by atoms with E-state index in [9.17, 15) is 4.79 Å². The van der Waals surface area contributed by atoms with E-state index in [2.05, 4.69) is 35.1 Å². The highest BCUT2D eigenvalue weighted by Crippen LogP contribution is 2.19. The zero-order valence-electron chi connectivity index (χ0n) is 12.5. The molecule has 1 aliphatic rings. The molecular weight excluding hydrogens is 316 g/mol. The first-order valence-corrected chi connectivity index (χ1v) is 8.13. The summed E-state index contributed by atoms with van der Waals surface area (Å²) >= 11 is 3.44. The van der Waals surface area contributed by atoms with Gasteiger partial charge in [-0.15, -0.1) is 0 Å². The highest BCUT2D eigenvalue weighted by Gasteiger charge is 2.26. The second-order valence-corrected chi connectivity index (χ2v) is 7.20. The number of rotatable bonds is 3. The van der Waals surface area contributed by atoms with Gasteiger partial charge in [0.15, 0.2) is 6.54 Å². The summed E-state index contributed by atoms with van der Waals surface area (Å²) in [6, 6.07) is 5.93. The lowest BCUT2D eigenvalue weighted by molar-refractivity contribution is -0.904. The molecule has 1 amide bonds. The summed E-state index contributed by atoms with van der Waals surface area (Å²) in [7, 11) is 0. The van der Waals surface area contributed by atoms with E-state index in [-0.39, 0.29) is 5.91 Å². The van der Waals surface area contributed by atoms with Crippen LogP contribution in [0.15, 0.2) is 22.7 Å². The summed E-state index contributed by atoms with van der Waals surface area (Å²) < 4.78 is 1.04. The Morgan fingerprint density at radius 2 is 2.00 bits per heavy atom. The number of hydrogen-bond donors (Lipinski definition) is 2. The van der Waals surface area contributed by atoms with Crippen LogP contribution in [0.4, 0.5) is 5.69 Å². The Morgan fingerprint density at radius 3 is 2.60 bits per heavy atom. The maximum Gasteiger partial charge on any atom is 0.279 e. The highest BCUT2D eigenvalue weighted by molar-refractivity contribution is 9.10. The number of aryl methyl sites for hydroxylation is 1. The lowest BCUT2D eigenvalue weighted by Gasteiger charge is -2.31. The smallest absolute Gasteiger partial charge is 0.279 e. The third-order valence-electron chi connectivity index (χ3n) is 3.95. The molecule has 20 heavy (non-hydrogen) atoms. The third kappa shape index (κ3) is 4.32. The Kier molecular flexibility index (Phi) is 5.22. The summed E-state index contributed by atoms with van der Waals surface area (Å²) in [6.07, 6.45) is 1.29. The van der Waals surface area contributed by atoms with Crippen LogP contribution >= 0.6 is 15.9 Å². The molecule has 0 radical (unpaired) electrons. The number of hydrogen-bond acceptors (Lipinski definition) is 1. The van der Waals surface area contributed by atoms with Gasteiger partial charge in [-0.2, -0.15) is 0 Å². The quantitative estimate of drug-likeness (QED) is 0.870. The topological polar surface area (TPSA) is 33.5 Å². The van der Waals surface area contributed by atoms with Crippen molar-refractivity contribution in [2.45, 2.75) is 27.2 Å². The SMILES string of the molecule is Cc1cc(Br)ccc1NC(=O)C[NH+]1C[C@H](C)C[C@@H](C)C1. The fraction of sp³-hybridized carbons (Fsp3) is 0.562. The zero-order valence-corrected chi connectivity index (χ0v) is 14.1. The van der Waals surface area contributed by atoms with E-state index in [1.165, 1.54) is 11.3 Å². The number of anilines is 1. The van der Waals surface area contributed by atoms with Crippen LogP contribution in [-0.2, 0) is 4.79 Å². The van der Waals surface area contributed by atoms with Crippen LogP contribution in [0.3, 0.4) is 0 Å². The van der Waals surface area contributed by atoms with Crippen molar-refractivity contribution >= 4 is 27.5 Å². The second kappa shape index (κ2) is 6.72. The summed E-state index contributed by atoms with van der Waals surface area (Å²) in [6.45, 7) is 9.37. The van der Waals surface area contributed by atoms with Crippen LogP contribution in [0, 0.1) is 18.8 Å². The van der Waals surface area contributed by atoms with E-state index in [0.717, 1.165) is 40.6 Å². The van der Waals surface area contributed by atoms with Crippen molar-refractivity contribution in [3.63, 3.8) is 0 Å². The fourth-order valence-electron chi connectivity index (χ4n) is 3.26. The first kappa shape index (κ1) is 15.5. The van der Waals surface area contributed by atoms with Gasteiger partial charge in [-0.05, 0) is 37.1 Å². The number of quaternary nitrogens is 1. The Balaban J connectivity index is 1.92. The van der Waals surface area contributed by atoms with Gasteiger partial charge in [0.05, 0.1) is 13.1 Å². The van der Waals surface area contributed by atoms with Crippen molar-refractivity contribution < 1.29 is 9.69 Å². The number of likely N-dealkylation sites (tertiary alicyclic amines) is 1. The number of piperidine rings is 1. The number of carbonyl (C=O) groups excluding carboxylic acids is 1. The monoisotopic (exact) mass is 339 g/mol. The summed E-state index contributed by atoms with van der Waals surface area (Å²) in [5.41, 5.74) is 2.00. The molecule has 0 saturated carbocycles. The predicted molar refractivity (Wildman–Crippen MR) is 86.0 cm³/mol. The van der Waals surface area contributed by atoms with Crippen LogP contribution in [-0.4, -0.2) is 25.5 Å². The normalized spacial score (nSPS) is 26.3. The first-order chi connectivity index (χ1) is 9.44. The van der Waals surface area contributed by atoms with E-state index in [4.69, 9.17) is 0 Å². The number of halogens is 1. The first-order valence-electron chi connectivity index (χ1n) is 7.33. The molecule has 4 heteroatoms. The van der Waals surface area contributed by atoms with Gasteiger partial charge < -0.3 is 10.2 Å². The minimum atomic E-state index is 0.117. The molecule has 3 nitrogen and oxygen atoms in total. The Labute approximate surface area is 129 Å². The second-order valence-electron chi connectivity index (χ2n) is 6.29. The van der Waals surface area contributed by atoms with Crippen molar-refractivity contribution in [3.8, 4) is 0 Å². The molecule has 110 valence electrons. The molecule has 1 aliphatic heterocycles. The maximum atomic E-state index is 12.2. The molecule has 0 unspecified atom stereocenters. The molecule has 1 aromatic carbocycles. The third-order valence-corrected chi connectivity index (χ3v) is 4.45. The number of benzene rings is 1. The summed E-state index contributed by atoms with van der Waals surface area (Å²) in [5.74, 6) is 1.55. The van der Waals surface area contributed by atoms with Crippen LogP contribution in [0.5, 0.6) is 0 Å². The van der Waals surface area contributed by atoms with Crippen LogP contribution in [0.2, 0.25) is 0 Å². The van der Waals surface area contributed by atoms with Crippen LogP contribution in [0.1, 0.15) is 25.8 Å². The van der Waals surface area contributed by atoms with Crippen LogP contribution in [0.25, 0.3) is 0 Å². The van der Waals surface area contributed by atoms with Gasteiger partial charge in [-0.25, -0.2) is 0 Å². The fourth-order valence-corrected chi connectivity index (χ4v) is 3.73. The Morgan fingerprint density at radius 1 is 1.35 bits per heavy atom. The largest absolute Gasteiger partial charge is 0.327 e. The van der Waals surface area contributed by atoms with Crippen molar-refractivity contribution in [2.75, 3.05) is 25.0 Å². The standard InChI is InChI=1S/C16H23BrN2O/c1-11-6-12(2)9-19(8-11)10-16(20)18-15-5-4-14(17)7-13(15)3/h4-5,7,11-12H,6,8-10H2,1-3H3,(H,18,20)/p+1/t11-,12-/m1/s1. The van der Waals surface area contributed by atoms with E-state index < -0.39 is 0 Å². The molecule has 0 aliphatic carbocycles. The van der Waals surface area contributed by atoms with Gasteiger partial charge >= 0.3 is 0 Å². The van der Waals surface area contributed by atoms with Gasteiger partial charge in [0.2, 0.25) is 0 Å². The minimum Gasteiger partial charge on any atom is -0.327 e. The maximum absolute atomic E-state index is 12.2. The van der Waals surface area contributed by atoms with Gasteiger partial charge in [0, 0.05) is 22.0 Å². The molecule has 0 spiro atoms. The Hall–Kier alpha value is -0.870. The summed E-state index contributed by atoms with van der Waals surface area (Å²) in [4.78, 5) is 13.6. The molecule has 1 aromatic rings. The molecule has 2 atom stereocenters. The van der Waals surface area contributed by atoms with E-state index >= 15 is 0 Å². The van der Waals surface area contributed by atoms with Gasteiger partial charge in [0.1, 0.15) is 0 Å². The molecule has 1 heterocycles. The van der Waals surface area contributed by atoms with Crippen molar-refractivity contribution in [1.29, 1.82) is 0 Å². The lowest BCUT2D eigenvalue weighted by atomic mass is 9.92. The lowest BCUT2D eigenvalue weighted by Crippen LogP contribution is -3.15. The minimum absolute atomic E-state index is 0.117. The molecule has 1 saturated heterocycles. The number of carbonyl (C=O) groups is 1. The molecule has 1 fully saturated rings. The molecule has 2 rings (SSSR count). The molecule has 2 N–H and O–H groups in total. The zero-order chi connectivity index (χ0) is 14.7. The van der Waals surface area contributed by atoms with Crippen molar-refractivity contribution in [3.05, 3.63) is 28.2 Å². The summed E-state index contributed by atoms with van der Waals surface area (Å²) in [5, 5.41) is 3.03. The van der Waals surface area contributed by atoms with E-state index in [1.54, 1.807) is 0 Å².